The average molecular weight is 446 g/mol. The Morgan fingerprint density at radius 3 is 2.45 bits per heavy atom. The van der Waals surface area contributed by atoms with Crippen LogP contribution in [0.2, 0.25) is 0 Å². The number of hydrogen-bond donors (Lipinski definition) is 2. The molecule has 0 aliphatic carbocycles. The number of carbonyl (C=O) groups is 2. The summed E-state index contributed by atoms with van der Waals surface area (Å²) >= 11 is 0. The summed E-state index contributed by atoms with van der Waals surface area (Å²) in [6.45, 7) is 1.81. The first kappa shape index (κ1) is 21.9. The maximum Gasteiger partial charge on any atom is 0.300 e. The van der Waals surface area contributed by atoms with E-state index in [0.29, 0.717) is 17.1 Å². The van der Waals surface area contributed by atoms with E-state index < -0.39 is 17.7 Å². The number of carbonyl (C=O) groups excluding carboxylic acids is 2. The van der Waals surface area contributed by atoms with Crippen LogP contribution in [0.4, 0.5) is 5.69 Å². The molecule has 33 heavy (non-hydrogen) atoms. The predicted molar refractivity (Wildman–Crippen MR) is 121 cm³/mol. The molecule has 0 saturated carbocycles. The van der Waals surface area contributed by atoms with E-state index in [9.17, 15) is 19.8 Å². The number of aliphatic hydroxyl groups excluding tert-OH is 1. The van der Waals surface area contributed by atoms with Crippen molar-refractivity contribution < 1.29 is 29.3 Å². The van der Waals surface area contributed by atoms with Crippen LogP contribution >= 0.6 is 0 Å². The smallest absolute Gasteiger partial charge is 0.300 e. The Balaban J connectivity index is 1.96. The number of hydrogen-bond acceptors (Lipinski definition) is 7. The van der Waals surface area contributed by atoms with Gasteiger partial charge in [-0.2, -0.15) is 0 Å². The number of phenols is 1. The van der Waals surface area contributed by atoms with Gasteiger partial charge in [-0.3, -0.25) is 19.5 Å². The maximum absolute atomic E-state index is 13.2. The number of aromatic nitrogens is 1. The molecule has 3 aromatic rings. The van der Waals surface area contributed by atoms with E-state index >= 15 is 0 Å². The number of rotatable bonds is 5. The predicted octanol–water partition coefficient (Wildman–Crippen LogP) is 3.74. The minimum atomic E-state index is -1.00. The zero-order chi connectivity index (χ0) is 23.7. The molecule has 1 amide bonds. The number of pyridine rings is 1. The van der Waals surface area contributed by atoms with Crippen LogP contribution in [0.5, 0.6) is 17.2 Å². The third kappa shape index (κ3) is 3.76. The number of aryl methyl sites for hydroxylation is 1. The molecule has 1 atom stereocenters. The molecule has 1 aliphatic heterocycles. The van der Waals surface area contributed by atoms with Crippen molar-refractivity contribution in [2.75, 3.05) is 19.1 Å². The molecule has 8 heteroatoms. The van der Waals surface area contributed by atoms with E-state index in [-0.39, 0.29) is 28.3 Å². The van der Waals surface area contributed by atoms with Gasteiger partial charge in [0.1, 0.15) is 11.5 Å². The number of aromatic hydroxyl groups is 1. The van der Waals surface area contributed by atoms with Crippen LogP contribution in [0.15, 0.2) is 66.5 Å². The molecule has 1 unspecified atom stereocenters. The number of Topliss-reactive ketones (excluding diaryl/α,β-unsaturated/α-hetero) is 1. The summed E-state index contributed by atoms with van der Waals surface area (Å²) < 4.78 is 10.5. The van der Waals surface area contributed by atoms with Gasteiger partial charge in [-0.25, -0.2) is 0 Å². The topological polar surface area (TPSA) is 109 Å². The van der Waals surface area contributed by atoms with Crippen molar-refractivity contribution in [2.45, 2.75) is 13.0 Å². The van der Waals surface area contributed by atoms with Gasteiger partial charge in [-0.1, -0.05) is 12.1 Å². The van der Waals surface area contributed by atoms with Crippen LogP contribution in [0.3, 0.4) is 0 Å². The van der Waals surface area contributed by atoms with E-state index in [1.54, 1.807) is 42.6 Å². The first-order chi connectivity index (χ1) is 15.9. The van der Waals surface area contributed by atoms with Gasteiger partial charge < -0.3 is 19.7 Å². The molecule has 1 saturated heterocycles. The molecule has 1 fully saturated rings. The van der Waals surface area contributed by atoms with Crippen LogP contribution < -0.4 is 14.4 Å². The first-order valence-electron chi connectivity index (χ1n) is 10.1. The summed E-state index contributed by atoms with van der Waals surface area (Å²) in [6, 6.07) is 11.8. The number of benzene rings is 2. The highest BCUT2D eigenvalue weighted by atomic mass is 16.5. The third-order valence-corrected chi connectivity index (χ3v) is 5.49. The number of nitrogens with zero attached hydrogens (tertiary/aromatic N) is 2. The molecule has 8 nitrogen and oxygen atoms in total. The summed E-state index contributed by atoms with van der Waals surface area (Å²) in [4.78, 5) is 31.7. The monoisotopic (exact) mass is 446 g/mol. The SMILES string of the molecule is COc1ccc(/C(O)=C2/C(=O)C(=O)N(c3cc(C)ccc3O)C2c2cccnc2)cc1OC. The van der Waals surface area contributed by atoms with E-state index in [4.69, 9.17) is 9.47 Å². The van der Waals surface area contributed by atoms with Crippen molar-refractivity contribution in [2.24, 2.45) is 0 Å². The molecule has 0 bridgehead atoms. The summed E-state index contributed by atoms with van der Waals surface area (Å²) in [5.41, 5.74) is 1.60. The molecule has 0 radical (unpaired) electrons. The molecule has 0 spiro atoms. The van der Waals surface area contributed by atoms with Crippen LogP contribution in [-0.2, 0) is 9.59 Å². The van der Waals surface area contributed by atoms with Gasteiger partial charge in [0, 0.05) is 18.0 Å². The van der Waals surface area contributed by atoms with E-state index in [1.807, 2.05) is 6.92 Å². The van der Waals surface area contributed by atoms with Gasteiger partial charge in [0.25, 0.3) is 11.7 Å². The number of aliphatic hydroxyl groups is 1. The van der Waals surface area contributed by atoms with Gasteiger partial charge in [0.15, 0.2) is 11.5 Å². The largest absolute Gasteiger partial charge is 0.507 e. The van der Waals surface area contributed by atoms with Crippen LogP contribution in [-0.4, -0.2) is 41.1 Å². The van der Waals surface area contributed by atoms with Crippen LogP contribution in [0, 0.1) is 6.92 Å². The molecular formula is C25H22N2O6. The Bertz CT molecular complexity index is 1270. The second kappa shape index (κ2) is 8.66. The lowest BCUT2D eigenvalue weighted by atomic mass is 9.96. The first-order valence-corrected chi connectivity index (χ1v) is 10.1. The van der Waals surface area contributed by atoms with Gasteiger partial charge in [0.05, 0.1) is 31.5 Å². The number of phenolic OH excluding ortho intramolecular Hbond substituents is 1. The van der Waals surface area contributed by atoms with Gasteiger partial charge in [0.2, 0.25) is 0 Å². The van der Waals surface area contributed by atoms with Crippen molar-refractivity contribution in [3.05, 3.63) is 83.2 Å². The normalized spacial score (nSPS) is 17.3. The lowest BCUT2D eigenvalue weighted by Crippen LogP contribution is -2.29. The number of methoxy groups -OCH3 is 2. The Kier molecular flexibility index (Phi) is 5.74. The highest BCUT2D eigenvalue weighted by Gasteiger charge is 2.47. The fourth-order valence-corrected chi connectivity index (χ4v) is 3.90. The highest BCUT2D eigenvalue weighted by molar-refractivity contribution is 6.51. The van der Waals surface area contributed by atoms with E-state index in [0.717, 1.165) is 5.56 Å². The molecule has 2 aromatic carbocycles. The van der Waals surface area contributed by atoms with Gasteiger partial charge >= 0.3 is 0 Å². The van der Waals surface area contributed by atoms with Crippen molar-refractivity contribution in [3.63, 3.8) is 0 Å². The zero-order valence-corrected chi connectivity index (χ0v) is 18.3. The summed E-state index contributed by atoms with van der Waals surface area (Å²) in [7, 11) is 2.94. The minimum absolute atomic E-state index is 0.124. The molecule has 1 aliphatic rings. The molecule has 168 valence electrons. The minimum Gasteiger partial charge on any atom is -0.507 e. The number of anilines is 1. The standard InChI is InChI=1S/C25H22N2O6/c1-14-6-8-18(28)17(11-14)27-22(16-5-4-10-26-13-16)21(24(30)25(27)31)23(29)15-7-9-19(32-2)20(12-15)33-3/h4-13,22,28-29H,1-3H3/b23-21-. The third-order valence-electron chi connectivity index (χ3n) is 5.49. The molecule has 1 aromatic heterocycles. The molecule has 2 heterocycles. The van der Waals surface area contributed by atoms with E-state index in [1.165, 1.54) is 37.4 Å². The summed E-state index contributed by atoms with van der Waals surface area (Å²) in [5.74, 6) is -1.49. The Labute approximate surface area is 190 Å². The fourth-order valence-electron chi connectivity index (χ4n) is 3.90. The second-order valence-corrected chi connectivity index (χ2v) is 7.52. The highest BCUT2D eigenvalue weighted by Crippen LogP contribution is 2.45. The van der Waals surface area contributed by atoms with Crippen LogP contribution in [0.1, 0.15) is 22.7 Å². The van der Waals surface area contributed by atoms with Crippen molar-refractivity contribution in [1.82, 2.24) is 4.98 Å². The Hall–Kier alpha value is -4.33. The summed E-state index contributed by atoms with van der Waals surface area (Å²) in [6.07, 6.45) is 3.08. The van der Waals surface area contributed by atoms with Crippen molar-refractivity contribution in [3.8, 4) is 17.2 Å². The van der Waals surface area contributed by atoms with Gasteiger partial charge in [-0.05, 0) is 54.4 Å². The molecule has 2 N–H and O–H groups in total. The fraction of sp³-hybridized carbons (Fsp3) is 0.160. The quantitative estimate of drug-likeness (QED) is 0.349. The van der Waals surface area contributed by atoms with Gasteiger partial charge in [-0.15, -0.1) is 0 Å². The lowest BCUT2D eigenvalue weighted by molar-refractivity contribution is -0.132. The number of ketones is 1. The van der Waals surface area contributed by atoms with Crippen molar-refractivity contribution in [1.29, 1.82) is 0 Å². The Morgan fingerprint density at radius 1 is 1.03 bits per heavy atom. The molecular weight excluding hydrogens is 424 g/mol. The van der Waals surface area contributed by atoms with Crippen LogP contribution in [0.25, 0.3) is 5.76 Å². The second-order valence-electron chi connectivity index (χ2n) is 7.52. The van der Waals surface area contributed by atoms with Crippen molar-refractivity contribution >= 4 is 23.1 Å². The number of amides is 1. The lowest BCUT2D eigenvalue weighted by Gasteiger charge is -2.26. The zero-order valence-electron chi connectivity index (χ0n) is 18.3. The summed E-state index contributed by atoms with van der Waals surface area (Å²) in [5, 5.41) is 21.7. The molecule has 4 rings (SSSR count). The number of ether oxygens (including phenoxy) is 2. The maximum atomic E-state index is 13.2. The average Bonchev–Trinajstić information content (AvgIpc) is 3.10. The Morgan fingerprint density at radius 2 is 1.79 bits per heavy atom. The van der Waals surface area contributed by atoms with E-state index in [2.05, 4.69) is 4.98 Å².